The lowest BCUT2D eigenvalue weighted by Gasteiger charge is -2.06. The molecule has 0 amide bonds. The SMILES string of the molecule is Cc1cc(C)cc(C(=O)Oc2coc(CSc3nc(C)cs3)cc2=O)c1. The largest absolute Gasteiger partial charge is 0.464 e. The van der Waals surface area contributed by atoms with E-state index >= 15 is 0 Å². The Morgan fingerprint density at radius 2 is 1.92 bits per heavy atom. The van der Waals surface area contributed by atoms with Gasteiger partial charge in [-0.3, -0.25) is 4.79 Å². The number of rotatable bonds is 5. The fourth-order valence-electron chi connectivity index (χ4n) is 2.37. The van der Waals surface area contributed by atoms with Crippen molar-refractivity contribution < 1.29 is 13.9 Å². The van der Waals surface area contributed by atoms with E-state index in [2.05, 4.69) is 4.98 Å². The Morgan fingerprint density at radius 3 is 2.54 bits per heavy atom. The summed E-state index contributed by atoms with van der Waals surface area (Å²) in [5, 5.41) is 1.97. The molecular weight excluding hydrogens is 370 g/mol. The third-order valence-corrected chi connectivity index (χ3v) is 5.61. The van der Waals surface area contributed by atoms with Crippen LogP contribution in [0, 0.1) is 20.8 Å². The maximum absolute atomic E-state index is 12.3. The van der Waals surface area contributed by atoms with Crippen molar-refractivity contribution >= 4 is 29.1 Å². The van der Waals surface area contributed by atoms with Crippen LogP contribution in [0.15, 0.2) is 49.5 Å². The number of nitrogens with zero attached hydrogens (tertiary/aromatic N) is 1. The van der Waals surface area contributed by atoms with E-state index in [4.69, 9.17) is 9.15 Å². The standard InChI is InChI=1S/C19H17NO4S2/c1-11-4-12(2)6-14(5-11)18(22)24-17-8-23-15(7-16(17)21)10-26-19-20-13(3)9-25-19/h4-9H,10H2,1-3H3. The van der Waals surface area contributed by atoms with Crippen LogP contribution in [-0.4, -0.2) is 11.0 Å². The van der Waals surface area contributed by atoms with Gasteiger partial charge in [-0.25, -0.2) is 9.78 Å². The molecule has 0 spiro atoms. The van der Waals surface area contributed by atoms with E-state index in [0.717, 1.165) is 21.2 Å². The number of carbonyl (C=O) groups is 1. The summed E-state index contributed by atoms with van der Waals surface area (Å²) in [6.45, 7) is 5.72. The molecule has 26 heavy (non-hydrogen) atoms. The normalized spacial score (nSPS) is 10.7. The molecule has 0 aliphatic heterocycles. The van der Waals surface area contributed by atoms with Crippen molar-refractivity contribution in [2.45, 2.75) is 30.9 Å². The van der Waals surface area contributed by atoms with E-state index in [9.17, 15) is 9.59 Å². The lowest BCUT2D eigenvalue weighted by Crippen LogP contribution is -2.15. The van der Waals surface area contributed by atoms with Crippen LogP contribution in [0.2, 0.25) is 0 Å². The summed E-state index contributed by atoms with van der Waals surface area (Å²) in [7, 11) is 0. The highest BCUT2D eigenvalue weighted by molar-refractivity contribution is 8.00. The number of hydrogen-bond acceptors (Lipinski definition) is 7. The summed E-state index contributed by atoms with van der Waals surface area (Å²) < 4.78 is 11.5. The van der Waals surface area contributed by atoms with Crippen molar-refractivity contribution in [3.05, 3.63) is 74.3 Å². The number of ether oxygens (including phenoxy) is 1. The summed E-state index contributed by atoms with van der Waals surface area (Å²) in [6.07, 6.45) is 1.19. The monoisotopic (exact) mass is 387 g/mol. The molecule has 7 heteroatoms. The van der Waals surface area contributed by atoms with E-state index in [-0.39, 0.29) is 11.2 Å². The van der Waals surface area contributed by atoms with Gasteiger partial charge in [-0.1, -0.05) is 29.0 Å². The average Bonchev–Trinajstić information content (AvgIpc) is 2.99. The Hall–Kier alpha value is -2.38. The molecule has 5 nitrogen and oxygen atoms in total. The molecule has 0 unspecified atom stereocenters. The number of thioether (sulfide) groups is 1. The van der Waals surface area contributed by atoms with Crippen molar-refractivity contribution in [1.29, 1.82) is 0 Å². The smallest absolute Gasteiger partial charge is 0.343 e. The summed E-state index contributed by atoms with van der Waals surface area (Å²) >= 11 is 3.04. The van der Waals surface area contributed by atoms with E-state index < -0.39 is 5.97 Å². The lowest BCUT2D eigenvalue weighted by atomic mass is 10.1. The van der Waals surface area contributed by atoms with Gasteiger partial charge >= 0.3 is 5.97 Å². The number of benzene rings is 1. The Labute approximate surface area is 159 Å². The van der Waals surface area contributed by atoms with Crippen LogP contribution < -0.4 is 10.2 Å². The second kappa shape index (κ2) is 7.88. The van der Waals surface area contributed by atoms with Crippen LogP contribution in [0.3, 0.4) is 0 Å². The first-order valence-corrected chi connectivity index (χ1v) is 9.74. The first-order chi connectivity index (χ1) is 12.4. The topological polar surface area (TPSA) is 69.4 Å². The van der Waals surface area contributed by atoms with Crippen LogP contribution in [0.4, 0.5) is 0 Å². The van der Waals surface area contributed by atoms with Crippen LogP contribution in [0.5, 0.6) is 5.75 Å². The van der Waals surface area contributed by atoms with Gasteiger partial charge in [0.2, 0.25) is 11.2 Å². The number of aromatic nitrogens is 1. The predicted octanol–water partition coefficient (Wildman–Crippen LogP) is 4.53. The maximum atomic E-state index is 12.3. The van der Waals surface area contributed by atoms with Gasteiger partial charge in [0.15, 0.2) is 4.34 Å². The van der Waals surface area contributed by atoms with Crippen molar-refractivity contribution in [3.63, 3.8) is 0 Å². The van der Waals surface area contributed by atoms with Gasteiger partial charge < -0.3 is 9.15 Å². The molecule has 0 saturated carbocycles. The molecule has 134 valence electrons. The molecule has 0 aliphatic carbocycles. The summed E-state index contributed by atoms with van der Waals surface area (Å²) in [5.74, 6) is 0.282. The van der Waals surface area contributed by atoms with Gasteiger partial charge in [0.25, 0.3) is 0 Å². The van der Waals surface area contributed by atoms with Crippen LogP contribution in [0.1, 0.15) is 32.9 Å². The molecule has 1 aromatic carbocycles. The van der Waals surface area contributed by atoms with Crippen molar-refractivity contribution in [2.75, 3.05) is 0 Å². The fraction of sp³-hybridized carbons (Fsp3) is 0.211. The molecule has 0 radical (unpaired) electrons. The van der Waals surface area contributed by atoms with E-state index in [0.29, 0.717) is 17.1 Å². The molecule has 3 rings (SSSR count). The minimum atomic E-state index is -0.579. The number of carbonyl (C=O) groups excluding carboxylic acids is 1. The van der Waals surface area contributed by atoms with Gasteiger partial charge in [-0.15, -0.1) is 11.3 Å². The second-order valence-electron chi connectivity index (χ2n) is 5.88. The zero-order valence-corrected chi connectivity index (χ0v) is 16.2. The zero-order chi connectivity index (χ0) is 18.7. The number of hydrogen-bond donors (Lipinski definition) is 0. The summed E-state index contributed by atoms with van der Waals surface area (Å²) in [4.78, 5) is 28.8. The Balaban J connectivity index is 1.69. The van der Waals surface area contributed by atoms with Gasteiger partial charge in [0.05, 0.1) is 11.3 Å². The third-order valence-electron chi connectivity index (χ3n) is 3.45. The first kappa shape index (κ1) is 18.4. The van der Waals surface area contributed by atoms with Gasteiger partial charge in [0, 0.05) is 17.1 Å². The molecule has 0 N–H and O–H groups in total. The van der Waals surface area contributed by atoms with Gasteiger partial charge in [0.1, 0.15) is 12.0 Å². The quantitative estimate of drug-likeness (QED) is 0.473. The van der Waals surface area contributed by atoms with Crippen molar-refractivity contribution in [1.82, 2.24) is 4.98 Å². The molecular formula is C19H17NO4S2. The Bertz CT molecular complexity index is 987. The minimum Gasteiger partial charge on any atom is -0.464 e. The third kappa shape index (κ3) is 4.62. The van der Waals surface area contributed by atoms with Gasteiger partial charge in [-0.2, -0.15) is 0 Å². The van der Waals surface area contributed by atoms with Crippen LogP contribution >= 0.6 is 23.1 Å². The highest BCUT2D eigenvalue weighted by Gasteiger charge is 2.13. The van der Waals surface area contributed by atoms with Crippen LogP contribution in [-0.2, 0) is 5.75 Å². The summed E-state index contributed by atoms with van der Waals surface area (Å²) in [6, 6.07) is 6.75. The fourth-order valence-corrected chi connectivity index (χ4v) is 4.11. The molecule has 0 fully saturated rings. The Morgan fingerprint density at radius 1 is 1.19 bits per heavy atom. The van der Waals surface area contributed by atoms with Crippen molar-refractivity contribution in [2.24, 2.45) is 0 Å². The second-order valence-corrected chi connectivity index (χ2v) is 7.96. The first-order valence-electron chi connectivity index (χ1n) is 7.88. The number of thiazole rings is 1. The highest BCUT2D eigenvalue weighted by Crippen LogP contribution is 2.26. The molecule has 0 aliphatic rings. The van der Waals surface area contributed by atoms with E-state index in [1.807, 2.05) is 32.2 Å². The van der Waals surface area contributed by atoms with E-state index in [1.54, 1.807) is 23.5 Å². The molecule has 0 atom stereocenters. The lowest BCUT2D eigenvalue weighted by molar-refractivity contribution is 0.0728. The molecule has 0 bridgehead atoms. The van der Waals surface area contributed by atoms with Crippen LogP contribution in [0.25, 0.3) is 0 Å². The highest BCUT2D eigenvalue weighted by atomic mass is 32.2. The molecule has 2 aromatic heterocycles. The number of aryl methyl sites for hydroxylation is 3. The van der Waals surface area contributed by atoms with E-state index in [1.165, 1.54) is 24.1 Å². The summed E-state index contributed by atoms with van der Waals surface area (Å²) in [5.41, 5.74) is 2.88. The minimum absolute atomic E-state index is 0.118. The number of esters is 1. The predicted molar refractivity (Wildman–Crippen MR) is 102 cm³/mol. The molecule has 0 saturated heterocycles. The van der Waals surface area contributed by atoms with Gasteiger partial charge in [-0.05, 0) is 32.9 Å². The zero-order valence-electron chi connectivity index (χ0n) is 14.6. The molecule has 3 aromatic rings. The maximum Gasteiger partial charge on any atom is 0.343 e. The van der Waals surface area contributed by atoms with Crippen molar-refractivity contribution in [3.8, 4) is 5.75 Å². The average molecular weight is 387 g/mol. The molecule has 2 heterocycles. The Kier molecular flexibility index (Phi) is 5.58.